The molecule has 18 heteroatoms. The molecule has 5 heterocycles. The van der Waals surface area contributed by atoms with Gasteiger partial charge in [0.2, 0.25) is 0 Å². The Morgan fingerprint density at radius 3 is 2.44 bits per heavy atom. The van der Waals surface area contributed by atoms with Crippen LogP contribution in [0.3, 0.4) is 0 Å². The van der Waals surface area contributed by atoms with Gasteiger partial charge in [-0.1, -0.05) is 28.6 Å². The number of benzene rings is 1. The van der Waals surface area contributed by atoms with Gasteiger partial charge >= 0.3 is 11.9 Å². The molecule has 3 saturated heterocycles. The molecule has 1 aromatic carbocycles. The van der Waals surface area contributed by atoms with Crippen molar-refractivity contribution >= 4 is 41.1 Å². The minimum absolute atomic E-state index is 0.0189. The molecule has 0 aliphatic carbocycles. The summed E-state index contributed by atoms with van der Waals surface area (Å²) in [6, 6.07) is 4.15. The number of thioether (sulfide) groups is 1. The van der Waals surface area contributed by atoms with E-state index in [-0.39, 0.29) is 34.0 Å². The third kappa shape index (κ3) is 6.54. The van der Waals surface area contributed by atoms with Gasteiger partial charge in [-0.3, -0.25) is 9.59 Å². The van der Waals surface area contributed by atoms with E-state index in [1.165, 1.54) is 43.6 Å². The Hall–Kier alpha value is -3.95. The lowest BCUT2D eigenvalue weighted by Crippen LogP contribution is -2.66. The maximum absolute atomic E-state index is 14.1. The van der Waals surface area contributed by atoms with Gasteiger partial charge in [-0.15, -0.1) is 5.10 Å². The minimum atomic E-state index is -1.63. The van der Waals surface area contributed by atoms with E-state index in [1.54, 1.807) is 6.07 Å². The molecule has 13 nitrogen and oxygen atoms in total. The molecule has 0 amide bonds. The first-order valence-electron chi connectivity index (χ1n) is 14.6. The SMILES string of the molecule is COC1C(Sc2cc(Cl)c(C#N)nc2N2CC3(COC3)C2)OC(COC(C)=O)C(OC(C)=O)C1n1cc(-c2cc(F)c(F)c(F)c2)nn1. The van der Waals surface area contributed by atoms with Crippen LogP contribution in [0.25, 0.3) is 11.3 Å². The molecule has 5 atom stereocenters. The Morgan fingerprint density at radius 2 is 1.85 bits per heavy atom. The Morgan fingerprint density at radius 1 is 1.15 bits per heavy atom. The predicted molar refractivity (Wildman–Crippen MR) is 161 cm³/mol. The summed E-state index contributed by atoms with van der Waals surface area (Å²) in [5.41, 5.74) is -0.984. The van der Waals surface area contributed by atoms with Crippen molar-refractivity contribution < 1.29 is 46.4 Å². The van der Waals surface area contributed by atoms with Crippen LogP contribution in [-0.2, 0) is 33.3 Å². The molecule has 0 saturated carbocycles. The summed E-state index contributed by atoms with van der Waals surface area (Å²) in [7, 11) is 1.40. The summed E-state index contributed by atoms with van der Waals surface area (Å²) in [5, 5.41) is 18.0. The van der Waals surface area contributed by atoms with Crippen LogP contribution < -0.4 is 4.90 Å². The molecule has 0 N–H and O–H groups in total. The molecule has 0 bridgehead atoms. The van der Waals surface area contributed by atoms with Gasteiger partial charge in [0.15, 0.2) is 29.2 Å². The standard InChI is InChI=1S/C30H28ClF3N6O7S/c1-14(41)45-9-22-26(46-15(2)42)25(40-8-21(37-38-40)16-4-18(32)24(34)19(33)5-16)27(43-3)29(47-22)48-23-6-17(31)20(7-35)36-28(23)39-10-30(11-39)12-44-13-30/h4-6,8,22,25-27,29H,9-13H2,1-3H3. The summed E-state index contributed by atoms with van der Waals surface area (Å²) < 4.78 is 71.8. The van der Waals surface area contributed by atoms with Crippen molar-refractivity contribution in [2.45, 2.75) is 48.5 Å². The molecule has 3 aromatic rings. The molecule has 3 fully saturated rings. The van der Waals surface area contributed by atoms with Crippen LogP contribution in [0.4, 0.5) is 19.0 Å². The number of pyridine rings is 1. The zero-order valence-corrected chi connectivity index (χ0v) is 27.3. The van der Waals surface area contributed by atoms with E-state index in [2.05, 4.69) is 15.3 Å². The fourth-order valence-electron chi connectivity index (χ4n) is 5.94. The number of esters is 2. The molecule has 254 valence electrons. The van der Waals surface area contributed by atoms with Gasteiger partial charge in [0.25, 0.3) is 0 Å². The number of rotatable bonds is 9. The van der Waals surface area contributed by atoms with E-state index in [0.717, 1.165) is 12.1 Å². The molecule has 3 aliphatic rings. The Bertz CT molecular complexity index is 1760. The van der Waals surface area contributed by atoms with E-state index in [1.807, 2.05) is 11.0 Å². The summed E-state index contributed by atoms with van der Waals surface area (Å²) in [6.45, 7) is 4.60. The second-order valence-corrected chi connectivity index (χ2v) is 13.2. The van der Waals surface area contributed by atoms with Crippen molar-refractivity contribution in [2.24, 2.45) is 5.41 Å². The van der Waals surface area contributed by atoms with E-state index in [0.29, 0.717) is 37.0 Å². The lowest BCUT2D eigenvalue weighted by molar-refractivity contribution is -0.208. The number of carbonyl (C=O) groups is 2. The number of ether oxygens (including phenoxy) is 5. The van der Waals surface area contributed by atoms with E-state index in [9.17, 15) is 28.0 Å². The average Bonchev–Trinajstić information content (AvgIpc) is 3.48. The highest BCUT2D eigenvalue weighted by atomic mass is 35.5. The summed E-state index contributed by atoms with van der Waals surface area (Å²) in [6.07, 6.45) is -1.86. The van der Waals surface area contributed by atoms with Crippen LogP contribution in [0.15, 0.2) is 29.3 Å². The Balaban J connectivity index is 1.39. The van der Waals surface area contributed by atoms with E-state index in [4.69, 9.17) is 35.3 Å². The molecule has 3 aliphatic heterocycles. The number of carbonyl (C=O) groups excluding carboxylic acids is 2. The second-order valence-electron chi connectivity index (χ2n) is 11.7. The molecule has 2 aromatic heterocycles. The quantitative estimate of drug-likeness (QED) is 0.235. The molecular formula is C30H28ClF3N6O7S. The van der Waals surface area contributed by atoms with Crippen LogP contribution in [0.2, 0.25) is 5.02 Å². The number of aromatic nitrogens is 4. The smallest absolute Gasteiger partial charge is 0.303 e. The zero-order chi connectivity index (χ0) is 34.3. The third-order valence-electron chi connectivity index (χ3n) is 8.18. The highest BCUT2D eigenvalue weighted by molar-refractivity contribution is 8.00. The predicted octanol–water partition coefficient (Wildman–Crippen LogP) is 3.69. The Labute approximate surface area is 281 Å². The van der Waals surface area contributed by atoms with E-state index >= 15 is 0 Å². The van der Waals surface area contributed by atoms with Crippen molar-refractivity contribution in [1.29, 1.82) is 5.26 Å². The molecule has 1 spiro atoms. The fraction of sp³-hybridized carbons (Fsp3) is 0.467. The summed E-state index contributed by atoms with van der Waals surface area (Å²) >= 11 is 7.60. The highest BCUT2D eigenvalue weighted by Gasteiger charge is 2.52. The van der Waals surface area contributed by atoms with Crippen molar-refractivity contribution in [3.8, 4) is 17.3 Å². The number of nitrogens with zero attached hydrogens (tertiary/aromatic N) is 6. The molecule has 48 heavy (non-hydrogen) atoms. The van der Waals surface area contributed by atoms with Crippen molar-refractivity contribution in [3.05, 3.63) is 52.6 Å². The lowest BCUT2D eigenvalue weighted by atomic mass is 9.78. The number of hydrogen-bond acceptors (Lipinski definition) is 13. The van der Waals surface area contributed by atoms with Gasteiger partial charge in [0.05, 0.1) is 34.7 Å². The van der Waals surface area contributed by atoms with Gasteiger partial charge < -0.3 is 28.6 Å². The lowest BCUT2D eigenvalue weighted by Gasteiger charge is -2.55. The average molecular weight is 709 g/mol. The van der Waals surface area contributed by atoms with Crippen LogP contribution in [0.5, 0.6) is 0 Å². The van der Waals surface area contributed by atoms with Crippen LogP contribution >= 0.6 is 23.4 Å². The number of anilines is 1. The largest absolute Gasteiger partial charge is 0.463 e. The number of nitriles is 1. The topological polar surface area (TPSA) is 151 Å². The maximum Gasteiger partial charge on any atom is 0.303 e. The number of hydrogen-bond donors (Lipinski definition) is 0. The normalized spacial score (nSPS) is 24.4. The number of halogens is 4. The molecule has 5 unspecified atom stereocenters. The molecule has 0 radical (unpaired) electrons. The van der Waals surface area contributed by atoms with Crippen LogP contribution in [0, 0.1) is 34.2 Å². The van der Waals surface area contributed by atoms with Crippen LogP contribution in [-0.4, -0.2) is 95.7 Å². The molecular weight excluding hydrogens is 681 g/mol. The Kier molecular flexibility index (Phi) is 9.55. The zero-order valence-electron chi connectivity index (χ0n) is 25.7. The van der Waals surface area contributed by atoms with Crippen molar-refractivity contribution in [2.75, 3.05) is 44.9 Å². The third-order valence-corrected chi connectivity index (χ3v) is 9.63. The summed E-state index contributed by atoms with van der Waals surface area (Å²) in [5.74, 6) is -5.28. The number of methoxy groups -OCH3 is 1. The van der Waals surface area contributed by atoms with Gasteiger partial charge in [-0.2, -0.15) is 5.26 Å². The maximum atomic E-state index is 14.1. The summed E-state index contributed by atoms with van der Waals surface area (Å²) in [4.78, 5) is 31.3. The fourth-order valence-corrected chi connectivity index (χ4v) is 7.52. The van der Waals surface area contributed by atoms with E-state index < -0.39 is 59.2 Å². The van der Waals surface area contributed by atoms with Gasteiger partial charge in [-0.05, 0) is 18.2 Å². The molecule has 6 rings (SSSR count). The second kappa shape index (κ2) is 13.5. The van der Waals surface area contributed by atoms with Crippen molar-refractivity contribution in [1.82, 2.24) is 20.0 Å². The van der Waals surface area contributed by atoms with Crippen molar-refractivity contribution in [3.63, 3.8) is 0 Å². The first kappa shape index (κ1) is 33.9. The van der Waals surface area contributed by atoms with Crippen LogP contribution in [0.1, 0.15) is 25.6 Å². The van der Waals surface area contributed by atoms with Gasteiger partial charge in [-0.25, -0.2) is 22.8 Å². The highest BCUT2D eigenvalue weighted by Crippen LogP contribution is 2.47. The van der Waals surface area contributed by atoms with Gasteiger partial charge in [0.1, 0.15) is 47.9 Å². The minimum Gasteiger partial charge on any atom is -0.463 e. The first-order valence-corrected chi connectivity index (χ1v) is 15.8. The monoisotopic (exact) mass is 708 g/mol. The first-order chi connectivity index (χ1) is 22.9. The van der Waals surface area contributed by atoms with Gasteiger partial charge in [0, 0.05) is 39.6 Å².